The fourth-order valence-electron chi connectivity index (χ4n) is 4.28. The van der Waals surface area contributed by atoms with Gasteiger partial charge in [-0.05, 0) is 49.6 Å². The number of rotatable bonds is 7. The van der Waals surface area contributed by atoms with Crippen molar-refractivity contribution in [2.75, 3.05) is 13.1 Å². The molecule has 1 aromatic heterocycles. The summed E-state index contributed by atoms with van der Waals surface area (Å²) in [7, 11) is -3.52. The van der Waals surface area contributed by atoms with Gasteiger partial charge in [-0.15, -0.1) is 0 Å². The van der Waals surface area contributed by atoms with Gasteiger partial charge in [-0.1, -0.05) is 31.5 Å². The van der Waals surface area contributed by atoms with Crippen molar-refractivity contribution in [1.29, 1.82) is 0 Å². The second kappa shape index (κ2) is 9.42. The number of nitrogens with one attached hydrogen (secondary N) is 1. The Hall–Kier alpha value is -2.71. The molecule has 1 amide bonds. The Balaban J connectivity index is 1.55. The number of carbonyl (C=O) groups is 1. The number of nitrogens with zero attached hydrogens (tertiary/aromatic N) is 2. The molecule has 1 unspecified atom stereocenters. The van der Waals surface area contributed by atoms with Crippen LogP contribution in [0.1, 0.15) is 44.2 Å². The highest BCUT2D eigenvalue weighted by Gasteiger charge is 2.27. The van der Waals surface area contributed by atoms with Gasteiger partial charge in [-0.2, -0.15) is 4.31 Å². The molecule has 0 radical (unpaired) electrons. The van der Waals surface area contributed by atoms with Crippen LogP contribution in [-0.4, -0.2) is 36.3 Å². The molecule has 1 saturated heterocycles. The Labute approximate surface area is 188 Å². The average Bonchev–Trinajstić information content (AvgIpc) is 3.23. The number of fused-ring (bicyclic) bond motifs is 1. The Bertz CT molecular complexity index is 1220. The van der Waals surface area contributed by atoms with E-state index < -0.39 is 16.1 Å². The third-order valence-corrected chi connectivity index (χ3v) is 7.98. The first-order valence-electron chi connectivity index (χ1n) is 11.0. The molecule has 8 heteroatoms. The third-order valence-electron chi connectivity index (χ3n) is 6.08. The zero-order chi connectivity index (χ0) is 22.7. The first-order chi connectivity index (χ1) is 15.4. The van der Waals surface area contributed by atoms with Crippen molar-refractivity contribution < 1.29 is 17.6 Å². The van der Waals surface area contributed by atoms with Crippen LogP contribution in [0.15, 0.2) is 59.6 Å². The van der Waals surface area contributed by atoms with Crippen LogP contribution in [-0.2, 0) is 21.4 Å². The van der Waals surface area contributed by atoms with Gasteiger partial charge in [-0.3, -0.25) is 4.79 Å². The second-order valence-corrected chi connectivity index (χ2v) is 10.1. The number of hydrogen-bond acceptors (Lipinski definition) is 3. The lowest BCUT2D eigenvalue weighted by atomic mass is 10.1. The van der Waals surface area contributed by atoms with Crippen molar-refractivity contribution in [2.45, 2.75) is 50.1 Å². The van der Waals surface area contributed by atoms with E-state index in [1.54, 1.807) is 46.9 Å². The molecule has 1 aliphatic heterocycles. The summed E-state index contributed by atoms with van der Waals surface area (Å²) in [5, 5.41) is 3.59. The molecule has 0 saturated carbocycles. The lowest BCUT2D eigenvalue weighted by Gasteiger charge is -2.26. The molecule has 1 atom stereocenters. The van der Waals surface area contributed by atoms with Crippen molar-refractivity contribution in [3.63, 3.8) is 0 Å². The van der Waals surface area contributed by atoms with Gasteiger partial charge in [0.15, 0.2) is 0 Å². The molecular weight excluding hydrogens is 429 g/mol. The van der Waals surface area contributed by atoms with Gasteiger partial charge < -0.3 is 9.88 Å². The third kappa shape index (κ3) is 4.42. The maximum absolute atomic E-state index is 13.9. The molecule has 1 aliphatic rings. The zero-order valence-electron chi connectivity index (χ0n) is 18.1. The van der Waals surface area contributed by atoms with Crippen LogP contribution in [0.4, 0.5) is 4.39 Å². The average molecular weight is 458 g/mol. The minimum absolute atomic E-state index is 0.111. The molecule has 170 valence electrons. The number of hydrogen-bond donors (Lipinski definition) is 1. The summed E-state index contributed by atoms with van der Waals surface area (Å²) in [6.45, 7) is 3.14. The maximum atomic E-state index is 13.9. The summed E-state index contributed by atoms with van der Waals surface area (Å²) in [5.41, 5.74) is 1.22. The Morgan fingerprint density at radius 3 is 2.56 bits per heavy atom. The number of piperidine rings is 1. The van der Waals surface area contributed by atoms with E-state index in [1.807, 2.05) is 17.6 Å². The number of halogens is 1. The molecule has 1 N–H and O–H groups in total. The molecule has 32 heavy (non-hydrogen) atoms. The fourth-order valence-corrected chi connectivity index (χ4v) is 5.83. The summed E-state index contributed by atoms with van der Waals surface area (Å²) >= 11 is 0. The van der Waals surface area contributed by atoms with E-state index in [4.69, 9.17) is 0 Å². The minimum atomic E-state index is -3.52. The number of carbonyl (C=O) groups excluding carboxylic acids is 1. The molecule has 1 fully saturated rings. The van der Waals surface area contributed by atoms with Gasteiger partial charge in [0, 0.05) is 42.3 Å². The van der Waals surface area contributed by atoms with Gasteiger partial charge in [-0.25, -0.2) is 12.8 Å². The van der Waals surface area contributed by atoms with Crippen LogP contribution in [0.5, 0.6) is 0 Å². The van der Waals surface area contributed by atoms with Crippen LogP contribution in [0.2, 0.25) is 0 Å². The van der Waals surface area contributed by atoms with Gasteiger partial charge in [0.25, 0.3) is 0 Å². The first-order valence-corrected chi connectivity index (χ1v) is 12.5. The summed E-state index contributed by atoms with van der Waals surface area (Å²) < 4.78 is 43.3. The lowest BCUT2D eigenvalue weighted by Crippen LogP contribution is -2.35. The van der Waals surface area contributed by atoms with E-state index >= 15 is 0 Å². The quantitative estimate of drug-likeness (QED) is 0.577. The van der Waals surface area contributed by atoms with Crippen LogP contribution < -0.4 is 5.32 Å². The monoisotopic (exact) mass is 457 g/mol. The normalized spacial score (nSPS) is 16.2. The highest BCUT2D eigenvalue weighted by molar-refractivity contribution is 7.89. The number of benzene rings is 2. The maximum Gasteiger partial charge on any atom is 0.243 e. The van der Waals surface area contributed by atoms with Crippen molar-refractivity contribution in [3.8, 4) is 0 Å². The van der Waals surface area contributed by atoms with E-state index in [0.29, 0.717) is 25.1 Å². The van der Waals surface area contributed by atoms with Gasteiger partial charge >= 0.3 is 0 Å². The van der Waals surface area contributed by atoms with Crippen molar-refractivity contribution in [1.82, 2.24) is 14.2 Å². The lowest BCUT2D eigenvalue weighted by molar-refractivity contribution is -0.124. The number of sulfonamides is 1. The highest BCUT2D eigenvalue weighted by atomic mass is 32.2. The topological polar surface area (TPSA) is 71.4 Å². The molecule has 0 aliphatic carbocycles. The smallest absolute Gasteiger partial charge is 0.243 e. The van der Waals surface area contributed by atoms with Crippen molar-refractivity contribution in [3.05, 3.63) is 66.1 Å². The Kier molecular flexibility index (Phi) is 6.62. The largest absolute Gasteiger partial charge is 0.350 e. The SMILES string of the molecule is CCC(C(=O)NCc1ccccc1F)n1ccc2cc(S(=O)(=O)N3CCCCC3)ccc21. The minimum Gasteiger partial charge on any atom is -0.350 e. The first kappa shape index (κ1) is 22.5. The van der Waals surface area contributed by atoms with Gasteiger partial charge in [0.2, 0.25) is 15.9 Å². The highest BCUT2D eigenvalue weighted by Crippen LogP contribution is 2.27. The summed E-state index contributed by atoms with van der Waals surface area (Å²) in [5.74, 6) is -0.562. The van der Waals surface area contributed by atoms with E-state index in [2.05, 4.69) is 5.32 Å². The molecular formula is C24H28FN3O3S. The standard InChI is InChI=1S/C24H28FN3O3S/c1-2-22(24(29)26-17-19-8-4-5-9-21(19)25)28-15-12-18-16-20(10-11-23(18)28)32(30,31)27-13-6-3-7-14-27/h4-5,8-12,15-16,22H,2-3,6-7,13-14,17H2,1H3,(H,26,29). The van der Waals surface area contributed by atoms with Crippen molar-refractivity contribution >= 4 is 26.8 Å². The number of amides is 1. The Morgan fingerprint density at radius 2 is 1.84 bits per heavy atom. The van der Waals surface area contributed by atoms with E-state index in [9.17, 15) is 17.6 Å². The van der Waals surface area contributed by atoms with E-state index in [0.717, 1.165) is 30.2 Å². The summed E-state index contributed by atoms with van der Waals surface area (Å²) in [4.78, 5) is 13.2. The van der Waals surface area contributed by atoms with Crippen LogP contribution >= 0.6 is 0 Å². The molecule has 0 bridgehead atoms. The Morgan fingerprint density at radius 1 is 1.09 bits per heavy atom. The van der Waals surface area contributed by atoms with Gasteiger partial charge in [0.05, 0.1) is 4.90 Å². The summed E-state index contributed by atoms with van der Waals surface area (Å²) in [6, 6.07) is 12.8. The molecule has 2 aromatic carbocycles. The van der Waals surface area contributed by atoms with Crippen LogP contribution in [0, 0.1) is 5.82 Å². The van der Waals surface area contributed by atoms with Crippen LogP contribution in [0.25, 0.3) is 10.9 Å². The zero-order valence-corrected chi connectivity index (χ0v) is 18.9. The molecule has 6 nitrogen and oxygen atoms in total. The molecule has 2 heterocycles. The predicted molar refractivity (Wildman–Crippen MR) is 122 cm³/mol. The van der Waals surface area contributed by atoms with E-state index in [1.165, 1.54) is 6.07 Å². The molecule has 4 rings (SSSR count). The fraction of sp³-hybridized carbons (Fsp3) is 0.375. The van der Waals surface area contributed by atoms with Gasteiger partial charge in [0.1, 0.15) is 11.9 Å². The molecule has 3 aromatic rings. The van der Waals surface area contributed by atoms with Crippen LogP contribution in [0.3, 0.4) is 0 Å². The second-order valence-electron chi connectivity index (χ2n) is 8.14. The predicted octanol–water partition coefficient (Wildman–Crippen LogP) is 4.22. The summed E-state index contributed by atoms with van der Waals surface area (Å²) in [6.07, 6.45) is 5.18. The number of aromatic nitrogens is 1. The van der Waals surface area contributed by atoms with Crippen molar-refractivity contribution in [2.24, 2.45) is 0 Å². The van der Waals surface area contributed by atoms with E-state index in [-0.39, 0.29) is 23.2 Å². The molecule has 0 spiro atoms.